The van der Waals surface area contributed by atoms with Gasteiger partial charge in [-0.25, -0.2) is 9.97 Å². The maximum absolute atomic E-state index is 12.5. The average Bonchev–Trinajstić information content (AvgIpc) is 3.33. The molecule has 0 atom stereocenters. The number of hydrogen-bond acceptors (Lipinski definition) is 5. The molecule has 0 unspecified atom stereocenters. The highest BCUT2D eigenvalue weighted by Gasteiger charge is 2.09. The lowest BCUT2D eigenvalue weighted by molar-refractivity contribution is -0.116. The van der Waals surface area contributed by atoms with Crippen LogP contribution in [0.3, 0.4) is 0 Å². The minimum atomic E-state index is -0.292. The molecule has 0 aliphatic rings. The lowest BCUT2D eigenvalue weighted by Crippen LogP contribution is -2.27. The molecule has 8 heteroatoms. The van der Waals surface area contributed by atoms with Gasteiger partial charge in [-0.2, -0.15) is 0 Å². The monoisotopic (exact) mass is 401 g/mol. The summed E-state index contributed by atoms with van der Waals surface area (Å²) in [5, 5.41) is 5.30. The van der Waals surface area contributed by atoms with Gasteiger partial charge in [0.2, 0.25) is 5.91 Å². The Morgan fingerprint density at radius 3 is 2.76 bits per heavy atom. The summed E-state index contributed by atoms with van der Waals surface area (Å²) in [7, 11) is 0. The zero-order valence-corrected chi connectivity index (χ0v) is 16.0. The molecule has 2 aromatic carbocycles. The van der Waals surface area contributed by atoms with Crippen LogP contribution in [0, 0.1) is 0 Å². The zero-order chi connectivity index (χ0) is 19.8. The molecular weight excluding hydrogens is 386 g/mol. The lowest BCUT2D eigenvalue weighted by atomic mass is 10.1. The van der Waals surface area contributed by atoms with Gasteiger partial charge in [0, 0.05) is 29.0 Å². The summed E-state index contributed by atoms with van der Waals surface area (Å²) in [6.45, 7) is -0.101. The maximum Gasteiger partial charge on any atom is 0.261 e. The Bertz CT molecular complexity index is 1370. The van der Waals surface area contributed by atoms with Gasteiger partial charge >= 0.3 is 0 Å². The Balaban J connectivity index is 1.31. The Hall–Kier alpha value is -3.78. The van der Waals surface area contributed by atoms with Crippen LogP contribution in [0.2, 0.25) is 0 Å². The van der Waals surface area contributed by atoms with Crippen molar-refractivity contribution in [3.63, 3.8) is 0 Å². The first-order valence-corrected chi connectivity index (χ1v) is 9.82. The first-order chi connectivity index (χ1) is 14.2. The van der Waals surface area contributed by atoms with E-state index >= 15 is 0 Å². The molecule has 3 heterocycles. The minimum absolute atomic E-state index is 0.101. The Morgan fingerprint density at radius 2 is 1.93 bits per heavy atom. The molecule has 1 N–H and O–H groups in total. The van der Waals surface area contributed by atoms with E-state index in [0.717, 1.165) is 16.2 Å². The molecular formula is C21H15N5O2S. The highest BCUT2D eigenvalue weighted by atomic mass is 32.1. The number of anilines is 1. The van der Waals surface area contributed by atoms with Crippen molar-refractivity contribution in [2.24, 2.45) is 0 Å². The van der Waals surface area contributed by atoms with Crippen molar-refractivity contribution < 1.29 is 4.79 Å². The third-order valence-corrected chi connectivity index (χ3v) is 5.37. The first kappa shape index (κ1) is 17.3. The Kier molecular flexibility index (Phi) is 4.18. The number of rotatable bonds is 4. The van der Waals surface area contributed by atoms with Gasteiger partial charge in [-0.3, -0.25) is 18.6 Å². The van der Waals surface area contributed by atoms with Gasteiger partial charge < -0.3 is 5.32 Å². The van der Waals surface area contributed by atoms with Gasteiger partial charge in [0.1, 0.15) is 6.54 Å². The summed E-state index contributed by atoms with van der Waals surface area (Å²) in [5.74, 6) is -0.292. The third-order valence-electron chi connectivity index (χ3n) is 4.60. The molecule has 0 saturated carbocycles. The van der Waals surface area contributed by atoms with E-state index in [9.17, 15) is 9.59 Å². The topological polar surface area (TPSA) is 81.3 Å². The number of aromatic nitrogens is 4. The van der Waals surface area contributed by atoms with E-state index in [4.69, 9.17) is 0 Å². The molecule has 0 radical (unpaired) electrons. The van der Waals surface area contributed by atoms with Gasteiger partial charge in [0.25, 0.3) is 5.56 Å². The van der Waals surface area contributed by atoms with Crippen molar-refractivity contribution >= 4 is 38.8 Å². The molecule has 0 aliphatic carbocycles. The normalized spacial score (nSPS) is 11.2. The number of amides is 1. The number of imidazole rings is 1. The lowest BCUT2D eigenvalue weighted by Gasteiger charge is -2.08. The van der Waals surface area contributed by atoms with Crippen molar-refractivity contribution in [3.8, 4) is 11.3 Å². The number of carbonyl (C=O) groups excluding carboxylic acids is 1. The predicted molar refractivity (Wildman–Crippen MR) is 113 cm³/mol. The van der Waals surface area contributed by atoms with Crippen LogP contribution in [0.5, 0.6) is 0 Å². The van der Waals surface area contributed by atoms with Crippen LogP contribution in [0.25, 0.3) is 27.1 Å². The highest BCUT2D eigenvalue weighted by Crippen LogP contribution is 2.23. The van der Waals surface area contributed by atoms with Crippen LogP contribution >= 0.6 is 11.3 Å². The number of nitrogens with one attached hydrogen (secondary N) is 1. The second-order valence-corrected chi connectivity index (χ2v) is 7.41. The van der Waals surface area contributed by atoms with Crippen LogP contribution in [0.1, 0.15) is 0 Å². The van der Waals surface area contributed by atoms with Gasteiger partial charge in [-0.05, 0) is 24.3 Å². The van der Waals surface area contributed by atoms with E-state index in [1.807, 2.05) is 52.5 Å². The van der Waals surface area contributed by atoms with Crippen molar-refractivity contribution in [1.29, 1.82) is 0 Å². The molecule has 7 nitrogen and oxygen atoms in total. The molecule has 3 aromatic heterocycles. The Labute approximate surface area is 168 Å². The number of benzene rings is 2. The molecule has 0 fully saturated rings. The second-order valence-electron chi connectivity index (χ2n) is 6.54. The average molecular weight is 401 g/mol. The second kappa shape index (κ2) is 6.99. The molecule has 0 bridgehead atoms. The minimum Gasteiger partial charge on any atom is -0.325 e. The zero-order valence-electron chi connectivity index (χ0n) is 15.1. The molecule has 1 amide bonds. The van der Waals surface area contributed by atoms with E-state index in [2.05, 4.69) is 15.3 Å². The summed E-state index contributed by atoms with van der Waals surface area (Å²) in [6, 6.07) is 14.5. The smallest absolute Gasteiger partial charge is 0.261 e. The predicted octanol–water partition coefficient (Wildman–Crippen LogP) is 3.41. The van der Waals surface area contributed by atoms with Gasteiger partial charge in [0.15, 0.2) is 4.96 Å². The van der Waals surface area contributed by atoms with Crippen molar-refractivity contribution in [2.75, 3.05) is 5.32 Å². The number of fused-ring (bicyclic) bond motifs is 2. The van der Waals surface area contributed by atoms with Crippen LogP contribution in [-0.4, -0.2) is 24.8 Å². The largest absolute Gasteiger partial charge is 0.325 e. The van der Waals surface area contributed by atoms with E-state index < -0.39 is 0 Å². The quantitative estimate of drug-likeness (QED) is 0.500. The first-order valence-electron chi connectivity index (χ1n) is 8.94. The van der Waals surface area contributed by atoms with Crippen molar-refractivity contribution in [3.05, 3.63) is 83.0 Å². The van der Waals surface area contributed by atoms with Crippen LogP contribution in [0.4, 0.5) is 5.69 Å². The molecule has 0 spiro atoms. The fourth-order valence-electron chi connectivity index (χ4n) is 3.16. The molecule has 5 rings (SSSR count). The third kappa shape index (κ3) is 3.30. The summed E-state index contributed by atoms with van der Waals surface area (Å²) in [5.41, 5.74) is 2.88. The fourth-order valence-corrected chi connectivity index (χ4v) is 3.86. The van der Waals surface area contributed by atoms with Gasteiger partial charge in [-0.15, -0.1) is 11.3 Å². The maximum atomic E-state index is 12.5. The van der Waals surface area contributed by atoms with E-state index in [1.165, 1.54) is 10.9 Å². The molecule has 5 aromatic rings. The summed E-state index contributed by atoms with van der Waals surface area (Å²) in [4.78, 5) is 34.6. The molecule has 0 aliphatic heterocycles. The molecule has 142 valence electrons. The van der Waals surface area contributed by atoms with E-state index in [0.29, 0.717) is 16.6 Å². The number of carbonyl (C=O) groups is 1. The standard InChI is InChI=1S/C21H15N5O2S/c27-19(12-26-13-22-17-4-2-1-3-16(17)20(26)28)23-15-7-5-14(6-8-15)18-11-25-9-10-29-21(25)24-18/h1-11,13H,12H2,(H,23,27). The SMILES string of the molecule is O=C(Cn1cnc2ccccc2c1=O)Nc1ccc(-c2cn3ccsc3n2)cc1. The number of para-hydroxylation sites is 1. The number of nitrogens with zero attached hydrogens (tertiary/aromatic N) is 4. The number of thiazole rings is 1. The van der Waals surface area contributed by atoms with Crippen LogP contribution < -0.4 is 10.9 Å². The summed E-state index contributed by atoms with van der Waals surface area (Å²) >= 11 is 1.58. The molecule has 0 saturated heterocycles. The van der Waals surface area contributed by atoms with Crippen molar-refractivity contribution in [1.82, 2.24) is 18.9 Å². The highest BCUT2D eigenvalue weighted by molar-refractivity contribution is 7.15. The fraction of sp³-hybridized carbons (Fsp3) is 0.0476. The van der Waals surface area contributed by atoms with Gasteiger partial charge in [0.05, 0.1) is 22.9 Å². The van der Waals surface area contributed by atoms with Gasteiger partial charge in [-0.1, -0.05) is 24.3 Å². The van der Waals surface area contributed by atoms with Crippen molar-refractivity contribution in [2.45, 2.75) is 6.54 Å². The van der Waals surface area contributed by atoms with Crippen LogP contribution in [-0.2, 0) is 11.3 Å². The summed E-state index contributed by atoms with van der Waals surface area (Å²) in [6.07, 6.45) is 5.34. The van der Waals surface area contributed by atoms with Crippen LogP contribution in [0.15, 0.2) is 77.4 Å². The van der Waals surface area contributed by atoms with E-state index in [-0.39, 0.29) is 18.0 Å². The molecule has 29 heavy (non-hydrogen) atoms. The van der Waals surface area contributed by atoms with E-state index in [1.54, 1.807) is 29.5 Å². The number of hydrogen-bond donors (Lipinski definition) is 1. The Morgan fingerprint density at radius 1 is 1.10 bits per heavy atom. The summed E-state index contributed by atoms with van der Waals surface area (Å²) < 4.78 is 3.29.